The first-order valence-electron chi connectivity index (χ1n) is 6.36. The molecule has 8 heteroatoms. The van der Waals surface area contributed by atoms with Crippen LogP contribution in [-0.2, 0) is 0 Å². The molecule has 1 aromatic carbocycles. The molecule has 1 aliphatic heterocycles. The van der Waals surface area contributed by atoms with Crippen LogP contribution in [0.25, 0.3) is 0 Å². The molecule has 0 bridgehead atoms. The van der Waals surface area contributed by atoms with Crippen LogP contribution in [0.4, 0.5) is 5.69 Å². The van der Waals surface area contributed by atoms with Gasteiger partial charge in [0.25, 0.3) is 11.6 Å². The smallest absolute Gasteiger partial charge is 0.286 e. The van der Waals surface area contributed by atoms with Gasteiger partial charge >= 0.3 is 0 Å². The van der Waals surface area contributed by atoms with Crippen molar-refractivity contribution in [1.29, 1.82) is 0 Å². The number of rotatable bonds is 4. The summed E-state index contributed by atoms with van der Waals surface area (Å²) in [6.45, 7) is 1.18. The number of benzene rings is 1. The third-order valence-corrected chi connectivity index (χ3v) is 4.17. The van der Waals surface area contributed by atoms with E-state index in [9.17, 15) is 14.9 Å². The van der Waals surface area contributed by atoms with Crippen LogP contribution in [0.3, 0.4) is 0 Å². The Morgan fingerprint density at radius 1 is 1.24 bits per heavy atom. The molecular formula is C13H16N2O5S. The van der Waals surface area contributed by atoms with Gasteiger partial charge in [-0.25, -0.2) is 0 Å². The van der Waals surface area contributed by atoms with Crippen LogP contribution in [0.2, 0.25) is 0 Å². The molecule has 0 aliphatic carbocycles. The van der Waals surface area contributed by atoms with Crippen molar-refractivity contribution < 1.29 is 19.2 Å². The Labute approximate surface area is 126 Å². The third kappa shape index (κ3) is 3.21. The maximum Gasteiger partial charge on any atom is 0.286 e. The van der Waals surface area contributed by atoms with Crippen molar-refractivity contribution in [3.05, 3.63) is 27.8 Å². The number of hydrogen-bond donors (Lipinski definition) is 0. The van der Waals surface area contributed by atoms with Gasteiger partial charge in [0.15, 0.2) is 11.5 Å². The van der Waals surface area contributed by atoms with Gasteiger partial charge in [0.05, 0.1) is 25.2 Å². The Kier molecular flexibility index (Phi) is 4.89. The molecule has 0 saturated carbocycles. The number of nitro benzene ring substituents is 1. The van der Waals surface area contributed by atoms with Gasteiger partial charge in [-0.15, -0.1) is 0 Å². The second-order valence-electron chi connectivity index (χ2n) is 4.39. The summed E-state index contributed by atoms with van der Waals surface area (Å²) in [7, 11) is 2.82. The van der Waals surface area contributed by atoms with Gasteiger partial charge in [-0.2, -0.15) is 11.8 Å². The first-order valence-corrected chi connectivity index (χ1v) is 7.51. The van der Waals surface area contributed by atoms with Gasteiger partial charge in [-0.05, 0) is 0 Å². The fraction of sp³-hybridized carbons (Fsp3) is 0.462. The summed E-state index contributed by atoms with van der Waals surface area (Å²) in [4.78, 5) is 24.8. The Balaban J connectivity index is 2.44. The number of hydrogen-bond acceptors (Lipinski definition) is 6. The second kappa shape index (κ2) is 6.66. The molecule has 1 heterocycles. The number of nitro groups is 1. The first kappa shape index (κ1) is 15.4. The first-order chi connectivity index (χ1) is 10.1. The zero-order valence-electron chi connectivity index (χ0n) is 11.8. The van der Waals surface area contributed by atoms with E-state index in [1.54, 1.807) is 16.7 Å². The molecule has 1 aliphatic rings. The minimum Gasteiger partial charge on any atom is -0.493 e. The number of amides is 1. The van der Waals surface area contributed by atoms with Crippen LogP contribution in [0.5, 0.6) is 11.5 Å². The van der Waals surface area contributed by atoms with Gasteiger partial charge in [0.1, 0.15) is 5.56 Å². The summed E-state index contributed by atoms with van der Waals surface area (Å²) >= 11 is 1.76. The van der Waals surface area contributed by atoms with E-state index in [4.69, 9.17) is 9.47 Å². The lowest BCUT2D eigenvalue weighted by molar-refractivity contribution is -0.385. The molecule has 0 radical (unpaired) electrons. The molecule has 0 atom stereocenters. The number of nitrogens with zero attached hydrogens (tertiary/aromatic N) is 2. The van der Waals surface area contributed by atoms with Crippen LogP contribution in [0, 0.1) is 10.1 Å². The van der Waals surface area contributed by atoms with E-state index in [-0.39, 0.29) is 22.9 Å². The van der Waals surface area contributed by atoms with Crippen molar-refractivity contribution in [1.82, 2.24) is 4.90 Å². The highest BCUT2D eigenvalue weighted by Gasteiger charge is 2.28. The van der Waals surface area contributed by atoms with E-state index < -0.39 is 4.92 Å². The average molecular weight is 312 g/mol. The lowest BCUT2D eigenvalue weighted by atomic mass is 10.1. The monoisotopic (exact) mass is 312 g/mol. The summed E-state index contributed by atoms with van der Waals surface area (Å²) in [5.74, 6) is 1.87. The van der Waals surface area contributed by atoms with Crippen LogP contribution < -0.4 is 9.47 Å². The average Bonchev–Trinajstić information content (AvgIpc) is 2.53. The molecule has 7 nitrogen and oxygen atoms in total. The molecule has 0 N–H and O–H groups in total. The van der Waals surface area contributed by atoms with Gasteiger partial charge in [-0.3, -0.25) is 14.9 Å². The summed E-state index contributed by atoms with van der Waals surface area (Å²) in [5, 5.41) is 11.2. The summed E-state index contributed by atoms with van der Waals surface area (Å²) < 4.78 is 10.2. The Morgan fingerprint density at radius 2 is 1.81 bits per heavy atom. The molecule has 1 saturated heterocycles. The van der Waals surface area contributed by atoms with E-state index in [0.717, 1.165) is 11.5 Å². The number of carbonyl (C=O) groups is 1. The molecule has 1 aromatic rings. The molecule has 1 amide bonds. The molecule has 0 aromatic heterocycles. The van der Waals surface area contributed by atoms with Crippen molar-refractivity contribution in [3.63, 3.8) is 0 Å². The number of methoxy groups -OCH3 is 2. The minimum absolute atomic E-state index is 0.0320. The minimum atomic E-state index is -0.576. The lowest BCUT2D eigenvalue weighted by Crippen LogP contribution is -2.38. The van der Waals surface area contributed by atoms with E-state index in [1.807, 2.05) is 0 Å². The topological polar surface area (TPSA) is 81.9 Å². The zero-order valence-corrected chi connectivity index (χ0v) is 12.6. The largest absolute Gasteiger partial charge is 0.493 e. The van der Waals surface area contributed by atoms with E-state index in [0.29, 0.717) is 18.8 Å². The highest BCUT2D eigenvalue weighted by atomic mass is 32.2. The zero-order chi connectivity index (χ0) is 15.4. The summed E-state index contributed by atoms with van der Waals surface area (Å²) in [6.07, 6.45) is 0. The number of thioether (sulfide) groups is 1. The van der Waals surface area contributed by atoms with Crippen LogP contribution in [-0.4, -0.2) is 54.5 Å². The van der Waals surface area contributed by atoms with Crippen LogP contribution in [0.1, 0.15) is 10.4 Å². The fourth-order valence-corrected chi connectivity index (χ4v) is 3.03. The molecule has 0 unspecified atom stereocenters. The SMILES string of the molecule is COc1cc(C(=O)N2CCSCC2)c([N+](=O)[O-])cc1OC. The molecule has 1 fully saturated rings. The van der Waals surface area contributed by atoms with Crippen molar-refractivity contribution in [2.45, 2.75) is 0 Å². The summed E-state index contributed by atoms with van der Waals surface area (Å²) in [6, 6.07) is 2.60. The normalized spacial score (nSPS) is 14.7. The predicted octanol–water partition coefficient (Wildman–Crippen LogP) is 1.80. The molecular weight excluding hydrogens is 296 g/mol. The maximum absolute atomic E-state index is 12.5. The third-order valence-electron chi connectivity index (χ3n) is 3.23. The molecule has 114 valence electrons. The van der Waals surface area contributed by atoms with Gasteiger partial charge in [0, 0.05) is 30.7 Å². The van der Waals surface area contributed by atoms with E-state index in [2.05, 4.69) is 0 Å². The van der Waals surface area contributed by atoms with E-state index >= 15 is 0 Å². The van der Waals surface area contributed by atoms with Crippen molar-refractivity contribution in [3.8, 4) is 11.5 Å². The van der Waals surface area contributed by atoms with Crippen LogP contribution >= 0.6 is 11.8 Å². The van der Waals surface area contributed by atoms with Gasteiger partial charge in [0.2, 0.25) is 0 Å². The van der Waals surface area contributed by atoms with Crippen molar-refractivity contribution in [2.24, 2.45) is 0 Å². The quantitative estimate of drug-likeness (QED) is 0.623. The Morgan fingerprint density at radius 3 is 2.33 bits per heavy atom. The second-order valence-corrected chi connectivity index (χ2v) is 5.61. The van der Waals surface area contributed by atoms with Gasteiger partial charge in [-0.1, -0.05) is 0 Å². The van der Waals surface area contributed by atoms with Crippen molar-refractivity contribution in [2.75, 3.05) is 38.8 Å². The van der Waals surface area contributed by atoms with Crippen LogP contribution in [0.15, 0.2) is 12.1 Å². The number of carbonyl (C=O) groups excluding carboxylic acids is 1. The Bertz CT molecular complexity index is 558. The van der Waals surface area contributed by atoms with E-state index in [1.165, 1.54) is 26.4 Å². The lowest BCUT2D eigenvalue weighted by Gasteiger charge is -2.26. The molecule has 21 heavy (non-hydrogen) atoms. The Hall–Kier alpha value is -1.96. The number of ether oxygens (including phenoxy) is 2. The van der Waals surface area contributed by atoms with Gasteiger partial charge < -0.3 is 14.4 Å². The molecule has 0 spiro atoms. The maximum atomic E-state index is 12.5. The predicted molar refractivity (Wildman–Crippen MR) is 79.4 cm³/mol. The fourth-order valence-electron chi connectivity index (χ4n) is 2.13. The highest BCUT2D eigenvalue weighted by molar-refractivity contribution is 7.99. The summed E-state index contributed by atoms with van der Waals surface area (Å²) in [5.41, 5.74) is -0.236. The standard InChI is InChI=1S/C13H16N2O5S/c1-19-11-7-9(10(15(17)18)8-12(11)20-2)13(16)14-3-5-21-6-4-14/h7-8H,3-6H2,1-2H3. The highest BCUT2D eigenvalue weighted by Crippen LogP contribution is 2.35. The molecule has 2 rings (SSSR count). The van der Waals surface area contributed by atoms with Crippen molar-refractivity contribution >= 4 is 23.4 Å².